The van der Waals surface area contributed by atoms with Crippen LogP contribution in [0.15, 0.2) is 11.1 Å². The van der Waals surface area contributed by atoms with Crippen molar-refractivity contribution < 1.29 is 14.0 Å². The Morgan fingerprint density at radius 2 is 1.55 bits per heavy atom. The van der Waals surface area contributed by atoms with E-state index in [1.165, 1.54) is 44.9 Å². The fourth-order valence-electron chi connectivity index (χ4n) is 12.5. The summed E-state index contributed by atoms with van der Waals surface area (Å²) in [5, 5.41) is 3.49. The van der Waals surface area contributed by atoms with Gasteiger partial charge in [-0.25, -0.2) is 0 Å². The zero-order chi connectivity index (χ0) is 30.6. The minimum absolute atomic E-state index is 0.209. The first-order chi connectivity index (χ1) is 19.4. The number of rotatable bonds is 6. The quantitative estimate of drug-likeness (QED) is 0.149. The first-order valence-corrected chi connectivity index (χ1v) is 17.8. The normalized spacial score (nSPS) is 45.7. The van der Waals surface area contributed by atoms with Gasteiger partial charge in [0.15, 0.2) is 0 Å². The SMILES string of the molecule is CC1(C)CC[C@]2(C(=O)NCCC[N+](C)(C)C)CC[C@]3(C)C(=C2C1)CC[C@@H]1[C@@]2(C)CC[C@H](C4CO4)C(C)(C)[C@@H]2CC[C@]13C. The van der Waals surface area contributed by atoms with Crippen LogP contribution in [0.5, 0.6) is 0 Å². The minimum atomic E-state index is -0.268. The third-order valence-electron chi connectivity index (χ3n) is 15.2. The summed E-state index contributed by atoms with van der Waals surface area (Å²) in [6.45, 7) is 21.1. The Kier molecular flexibility index (Phi) is 7.27. The fraction of sp³-hybridized carbons (Fsp3) is 0.921. The van der Waals surface area contributed by atoms with Crippen molar-refractivity contribution in [3.63, 3.8) is 0 Å². The second-order valence-electron chi connectivity index (χ2n) is 19.3. The van der Waals surface area contributed by atoms with E-state index >= 15 is 0 Å². The smallest absolute Gasteiger partial charge is 0.230 e. The van der Waals surface area contributed by atoms with Gasteiger partial charge in [-0.3, -0.25) is 4.79 Å². The summed E-state index contributed by atoms with van der Waals surface area (Å²) in [5.41, 5.74) is 4.63. The van der Waals surface area contributed by atoms with E-state index in [-0.39, 0.29) is 16.2 Å². The topological polar surface area (TPSA) is 41.6 Å². The zero-order valence-electron chi connectivity index (χ0n) is 29.2. The summed E-state index contributed by atoms with van der Waals surface area (Å²) in [5.74, 6) is 2.65. The molecular formula is C38H65N2O2+. The summed E-state index contributed by atoms with van der Waals surface area (Å²) in [4.78, 5) is 14.3. The number of carbonyl (C=O) groups is 1. The van der Waals surface area contributed by atoms with Crippen molar-refractivity contribution >= 4 is 5.91 Å². The first-order valence-electron chi connectivity index (χ1n) is 17.8. The average molecular weight is 582 g/mol. The van der Waals surface area contributed by atoms with Crippen LogP contribution in [0.4, 0.5) is 0 Å². The standard InChI is InChI=1S/C38H64N2O2/c1-33(2)18-20-38(32(41)39-22-11-23-40(8,9)10)21-19-36(6)26(28(38)24-33)12-13-31-35(5)16-14-27(29-25-42-29)34(3,4)30(35)15-17-37(31,36)7/h27,29-31H,11-25H2,1-10H3/p+1/t27-,29?,30+,31-,35+,36-,37-,38+/m1/s1. The molecule has 0 aromatic heterocycles. The molecule has 1 saturated heterocycles. The fourth-order valence-corrected chi connectivity index (χ4v) is 12.5. The van der Waals surface area contributed by atoms with Crippen molar-refractivity contribution in [3.8, 4) is 0 Å². The Balaban J connectivity index is 1.33. The van der Waals surface area contributed by atoms with E-state index in [1.807, 2.05) is 0 Å². The molecule has 5 aliphatic carbocycles. The number of nitrogens with zero attached hydrogens (tertiary/aromatic N) is 1. The maximum atomic E-state index is 14.3. The molecule has 8 atom stereocenters. The van der Waals surface area contributed by atoms with E-state index in [0.717, 1.165) is 74.0 Å². The van der Waals surface area contributed by atoms with Crippen molar-refractivity contribution in [1.29, 1.82) is 0 Å². The van der Waals surface area contributed by atoms with Gasteiger partial charge in [-0.15, -0.1) is 0 Å². The minimum Gasteiger partial charge on any atom is -0.373 e. The lowest BCUT2D eigenvalue weighted by molar-refractivity contribution is -0.870. The van der Waals surface area contributed by atoms with Gasteiger partial charge < -0.3 is 14.5 Å². The molecule has 4 saturated carbocycles. The molecule has 42 heavy (non-hydrogen) atoms. The van der Waals surface area contributed by atoms with E-state index in [2.05, 4.69) is 74.9 Å². The second kappa shape index (κ2) is 9.81. The van der Waals surface area contributed by atoms with Crippen LogP contribution in [-0.4, -0.2) is 57.3 Å². The maximum Gasteiger partial charge on any atom is 0.230 e. The highest BCUT2D eigenvalue weighted by Gasteiger charge is 2.68. The number of hydrogen-bond donors (Lipinski definition) is 1. The van der Waals surface area contributed by atoms with Gasteiger partial charge >= 0.3 is 0 Å². The van der Waals surface area contributed by atoms with Gasteiger partial charge in [0.1, 0.15) is 0 Å². The molecular weight excluding hydrogens is 516 g/mol. The number of quaternary nitrogens is 1. The number of epoxide rings is 1. The molecule has 0 bridgehead atoms. The number of ether oxygens (including phenoxy) is 1. The molecule has 0 radical (unpaired) electrons. The summed E-state index contributed by atoms with van der Waals surface area (Å²) < 4.78 is 6.86. The summed E-state index contributed by atoms with van der Waals surface area (Å²) in [7, 11) is 6.73. The second-order valence-corrected chi connectivity index (χ2v) is 19.3. The predicted octanol–water partition coefficient (Wildman–Crippen LogP) is 8.16. The van der Waals surface area contributed by atoms with Crippen molar-refractivity contribution in [2.45, 2.75) is 132 Å². The Morgan fingerprint density at radius 1 is 0.857 bits per heavy atom. The highest BCUT2D eigenvalue weighted by Crippen LogP contribution is 2.76. The lowest BCUT2D eigenvalue weighted by Gasteiger charge is -2.71. The van der Waals surface area contributed by atoms with E-state index < -0.39 is 0 Å². The number of amides is 1. The molecule has 1 aliphatic heterocycles. The van der Waals surface area contributed by atoms with Crippen LogP contribution in [0.1, 0.15) is 126 Å². The molecule has 0 spiro atoms. The van der Waals surface area contributed by atoms with E-state index in [9.17, 15) is 4.79 Å². The van der Waals surface area contributed by atoms with Crippen LogP contribution in [0.2, 0.25) is 0 Å². The summed E-state index contributed by atoms with van der Waals surface area (Å²) in [6.07, 6.45) is 15.1. The highest BCUT2D eigenvalue weighted by molar-refractivity contribution is 5.87. The van der Waals surface area contributed by atoms with Gasteiger partial charge in [0.2, 0.25) is 5.91 Å². The third kappa shape index (κ3) is 4.61. The molecule has 6 rings (SSSR count). The summed E-state index contributed by atoms with van der Waals surface area (Å²) in [6, 6.07) is 0. The van der Waals surface area contributed by atoms with Crippen molar-refractivity contribution in [3.05, 3.63) is 11.1 Å². The molecule has 6 aliphatic rings. The van der Waals surface area contributed by atoms with Crippen molar-refractivity contribution in [2.75, 3.05) is 40.8 Å². The molecule has 4 heteroatoms. The highest BCUT2D eigenvalue weighted by atomic mass is 16.6. The predicted molar refractivity (Wildman–Crippen MR) is 173 cm³/mol. The number of hydrogen-bond acceptors (Lipinski definition) is 2. The Labute approximate surface area is 258 Å². The number of carbonyl (C=O) groups excluding carboxylic acids is 1. The monoisotopic (exact) mass is 582 g/mol. The Morgan fingerprint density at radius 3 is 2.21 bits per heavy atom. The van der Waals surface area contributed by atoms with Crippen LogP contribution in [-0.2, 0) is 9.53 Å². The van der Waals surface area contributed by atoms with Gasteiger partial charge in [0, 0.05) is 13.0 Å². The largest absolute Gasteiger partial charge is 0.373 e. The number of nitrogens with one attached hydrogen (secondary N) is 1. The van der Waals surface area contributed by atoms with E-state index in [4.69, 9.17) is 4.74 Å². The van der Waals surface area contributed by atoms with Gasteiger partial charge in [-0.2, -0.15) is 0 Å². The van der Waals surface area contributed by atoms with Crippen LogP contribution in [0.3, 0.4) is 0 Å². The van der Waals surface area contributed by atoms with Crippen LogP contribution < -0.4 is 5.32 Å². The molecule has 0 aromatic carbocycles. The van der Waals surface area contributed by atoms with Gasteiger partial charge in [-0.1, -0.05) is 59.6 Å². The van der Waals surface area contributed by atoms with Gasteiger partial charge in [0.25, 0.3) is 0 Å². The molecule has 5 fully saturated rings. The van der Waals surface area contributed by atoms with Gasteiger partial charge in [-0.05, 0) is 115 Å². The molecule has 1 unspecified atom stereocenters. The molecule has 1 heterocycles. The van der Waals surface area contributed by atoms with Crippen LogP contribution >= 0.6 is 0 Å². The lowest BCUT2D eigenvalue weighted by Crippen LogP contribution is -2.64. The molecule has 1 N–H and O–H groups in total. The Bertz CT molecular complexity index is 1130. The first kappa shape index (κ1) is 31.1. The Hall–Kier alpha value is -0.870. The third-order valence-corrected chi connectivity index (χ3v) is 15.2. The lowest BCUT2D eigenvalue weighted by atomic mass is 9.33. The molecule has 238 valence electrons. The number of allylic oxidation sites excluding steroid dienone is 1. The molecule has 1 amide bonds. The molecule has 0 aromatic rings. The summed E-state index contributed by atoms with van der Waals surface area (Å²) >= 11 is 0. The average Bonchev–Trinajstić information content (AvgIpc) is 3.71. The maximum absolute atomic E-state index is 14.3. The van der Waals surface area contributed by atoms with E-state index in [1.54, 1.807) is 11.1 Å². The number of fused-ring (bicyclic) bond motifs is 6. The van der Waals surface area contributed by atoms with Crippen molar-refractivity contribution in [1.82, 2.24) is 5.32 Å². The molecule has 4 nitrogen and oxygen atoms in total. The van der Waals surface area contributed by atoms with Gasteiger partial charge in [0.05, 0.1) is 45.8 Å². The zero-order valence-corrected chi connectivity index (χ0v) is 29.2. The van der Waals surface area contributed by atoms with Crippen LogP contribution in [0.25, 0.3) is 0 Å². The van der Waals surface area contributed by atoms with Crippen LogP contribution in [0, 0.1) is 50.2 Å². The van der Waals surface area contributed by atoms with Crippen molar-refractivity contribution in [2.24, 2.45) is 50.2 Å². The van der Waals surface area contributed by atoms with E-state index in [0.29, 0.717) is 28.3 Å².